The molecule has 5 rings (SSSR count). The van der Waals surface area contributed by atoms with E-state index in [4.69, 9.17) is 0 Å². The molecule has 0 aromatic rings. The van der Waals surface area contributed by atoms with Gasteiger partial charge in [-0.15, -0.1) is 0 Å². The fourth-order valence-electron chi connectivity index (χ4n) is 6.75. The van der Waals surface area contributed by atoms with Gasteiger partial charge in [-0.05, 0) is 81.5 Å². The third-order valence-electron chi connectivity index (χ3n) is 7.85. The molecule has 0 unspecified atom stereocenters. The minimum atomic E-state index is -4.53. The Bertz CT molecular complexity index is 608. The Labute approximate surface area is 169 Å². The van der Waals surface area contributed by atoms with Crippen LogP contribution < -0.4 is 5.32 Å². The van der Waals surface area contributed by atoms with E-state index >= 15 is 0 Å². The van der Waals surface area contributed by atoms with E-state index in [1.165, 1.54) is 43.4 Å². The van der Waals surface area contributed by atoms with Crippen LogP contribution in [0, 0.1) is 29.1 Å². The van der Waals surface area contributed by atoms with Crippen LogP contribution in [0.5, 0.6) is 0 Å². The first-order chi connectivity index (χ1) is 13.6. The summed E-state index contributed by atoms with van der Waals surface area (Å²) in [5, 5.41) is 3.27. The Kier molecular flexibility index (Phi) is 5.49. The van der Waals surface area contributed by atoms with Crippen molar-refractivity contribution in [1.82, 2.24) is 10.2 Å². The van der Waals surface area contributed by atoms with Gasteiger partial charge in [-0.1, -0.05) is 0 Å². The molecule has 0 radical (unpaired) electrons. The molecule has 1 N–H and O–H groups in total. The van der Waals surface area contributed by atoms with Crippen LogP contribution in [-0.4, -0.2) is 48.8 Å². The molecule has 4 bridgehead atoms. The Balaban J connectivity index is 1.25. The van der Waals surface area contributed by atoms with Crippen LogP contribution in [0.3, 0.4) is 0 Å². The second-order valence-electron chi connectivity index (χ2n) is 9.94. The van der Waals surface area contributed by atoms with Gasteiger partial charge in [0, 0.05) is 25.0 Å². The molecule has 0 aromatic carbocycles. The van der Waals surface area contributed by atoms with Crippen molar-refractivity contribution in [3.63, 3.8) is 0 Å². The molecule has 0 aromatic heterocycles. The molecule has 4 saturated carbocycles. The molecule has 5 aliphatic rings. The zero-order valence-electron chi connectivity index (χ0n) is 17.0. The van der Waals surface area contributed by atoms with Gasteiger partial charge in [0.1, 0.15) is 0 Å². The molecular formula is C21H31F3N2O3. The molecule has 8 heteroatoms. The van der Waals surface area contributed by atoms with Crippen LogP contribution in [0.4, 0.5) is 18.0 Å². The fraction of sp³-hybridized carbons (Fsp3) is 0.905. The molecule has 1 saturated heterocycles. The molecule has 2 amide bonds. The van der Waals surface area contributed by atoms with Gasteiger partial charge in [0.05, 0.1) is 0 Å². The second kappa shape index (κ2) is 7.65. The molecule has 1 atom stereocenters. The SMILES string of the molecule is C[C@H](NC(=O)C1CCN(C(=O)OCC(F)(F)F)CC1)C12CC3CC(CC(C3)C1)C2. The highest BCUT2D eigenvalue weighted by Gasteiger charge is 2.53. The second-order valence-corrected chi connectivity index (χ2v) is 9.94. The lowest BCUT2D eigenvalue weighted by Crippen LogP contribution is -2.57. The monoisotopic (exact) mass is 416 g/mol. The van der Waals surface area contributed by atoms with Crippen molar-refractivity contribution in [2.75, 3.05) is 19.7 Å². The standard InChI is InChI=1S/C21H31F3N2O3/c1-13(20-9-14-6-15(10-20)8-16(7-14)11-20)25-18(27)17-2-4-26(5-3-17)19(28)29-12-21(22,23)24/h13-17H,2-12H2,1H3,(H,25,27)/t13-,14?,15?,16?,20?/m0/s1. The largest absolute Gasteiger partial charge is 0.440 e. The van der Waals surface area contributed by atoms with Crippen molar-refractivity contribution in [3.8, 4) is 0 Å². The van der Waals surface area contributed by atoms with E-state index in [1.807, 2.05) is 0 Å². The van der Waals surface area contributed by atoms with Gasteiger partial charge in [0.15, 0.2) is 6.61 Å². The number of nitrogens with one attached hydrogen (secondary N) is 1. The summed E-state index contributed by atoms with van der Waals surface area (Å²) in [5.41, 5.74) is 0.243. The van der Waals surface area contributed by atoms with Crippen molar-refractivity contribution in [2.45, 2.75) is 70.5 Å². The summed E-state index contributed by atoms with van der Waals surface area (Å²) in [6, 6.07) is 0.151. The molecule has 29 heavy (non-hydrogen) atoms. The highest BCUT2D eigenvalue weighted by Crippen LogP contribution is 2.61. The number of carbonyl (C=O) groups excluding carboxylic acids is 2. The number of hydrogen-bond donors (Lipinski definition) is 1. The Morgan fingerprint density at radius 2 is 1.59 bits per heavy atom. The van der Waals surface area contributed by atoms with Crippen LogP contribution in [0.15, 0.2) is 0 Å². The van der Waals surface area contributed by atoms with E-state index in [-0.39, 0.29) is 36.4 Å². The number of hydrogen-bond acceptors (Lipinski definition) is 3. The van der Waals surface area contributed by atoms with Crippen molar-refractivity contribution in [3.05, 3.63) is 0 Å². The van der Waals surface area contributed by atoms with E-state index < -0.39 is 18.9 Å². The summed E-state index contributed by atoms with van der Waals surface area (Å²) in [6.45, 7) is 1.07. The van der Waals surface area contributed by atoms with E-state index in [1.54, 1.807) is 0 Å². The number of rotatable bonds is 4. The minimum absolute atomic E-state index is 0.0246. The maximum atomic E-state index is 12.8. The summed E-state index contributed by atoms with van der Waals surface area (Å²) in [7, 11) is 0. The van der Waals surface area contributed by atoms with Gasteiger partial charge in [-0.3, -0.25) is 4.79 Å². The van der Waals surface area contributed by atoms with Gasteiger partial charge in [-0.2, -0.15) is 13.2 Å². The zero-order chi connectivity index (χ0) is 20.8. The first-order valence-corrected chi connectivity index (χ1v) is 10.9. The smallest absolute Gasteiger partial charge is 0.422 e. The average Bonchev–Trinajstić information content (AvgIpc) is 2.64. The van der Waals surface area contributed by atoms with Crippen molar-refractivity contribution in [2.24, 2.45) is 29.1 Å². The van der Waals surface area contributed by atoms with Gasteiger partial charge in [0.2, 0.25) is 5.91 Å². The Hall–Kier alpha value is -1.47. The van der Waals surface area contributed by atoms with Gasteiger partial charge in [-0.25, -0.2) is 4.79 Å². The number of likely N-dealkylation sites (tertiary alicyclic amines) is 1. The molecule has 1 aliphatic heterocycles. The van der Waals surface area contributed by atoms with Gasteiger partial charge < -0.3 is 15.0 Å². The molecular weight excluding hydrogens is 385 g/mol. The Morgan fingerprint density at radius 1 is 1.07 bits per heavy atom. The third kappa shape index (κ3) is 4.50. The number of carbonyl (C=O) groups is 2. The molecule has 5 fully saturated rings. The predicted molar refractivity (Wildman–Crippen MR) is 99.9 cm³/mol. The summed E-state index contributed by atoms with van der Waals surface area (Å²) in [6.07, 6.45) is 3.21. The van der Waals surface area contributed by atoms with Crippen molar-refractivity contribution >= 4 is 12.0 Å². The molecule has 164 valence electrons. The number of amides is 2. The number of nitrogens with zero attached hydrogens (tertiary/aromatic N) is 1. The summed E-state index contributed by atoms with van der Waals surface area (Å²) in [5.74, 6) is 2.30. The predicted octanol–water partition coefficient (Wildman–Crippen LogP) is 4.12. The fourth-order valence-corrected chi connectivity index (χ4v) is 6.75. The number of piperidine rings is 1. The molecule has 5 nitrogen and oxygen atoms in total. The quantitative estimate of drug-likeness (QED) is 0.750. The van der Waals surface area contributed by atoms with E-state index in [0.29, 0.717) is 12.8 Å². The first-order valence-electron chi connectivity index (χ1n) is 10.9. The summed E-state index contributed by atoms with van der Waals surface area (Å²) < 4.78 is 40.9. The number of halogens is 3. The summed E-state index contributed by atoms with van der Waals surface area (Å²) >= 11 is 0. The average molecular weight is 416 g/mol. The van der Waals surface area contributed by atoms with E-state index in [0.717, 1.165) is 17.8 Å². The number of alkyl halides is 3. The van der Waals surface area contributed by atoms with Crippen molar-refractivity contribution < 1.29 is 27.5 Å². The van der Waals surface area contributed by atoms with Crippen LogP contribution in [0.25, 0.3) is 0 Å². The molecule has 4 aliphatic carbocycles. The van der Waals surface area contributed by atoms with Crippen LogP contribution in [-0.2, 0) is 9.53 Å². The van der Waals surface area contributed by atoms with E-state index in [2.05, 4.69) is 17.0 Å². The maximum absolute atomic E-state index is 12.8. The highest BCUT2D eigenvalue weighted by atomic mass is 19.4. The lowest BCUT2D eigenvalue weighted by Gasteiger charge is -2.59. The normalized spacial score (nSPS) is 35.4. The summed E-state index contributed by atoms with van der Waals surface area (Å²) in [4.78, 5) is 25.9. The maximum Gasteiger partial charge on any atom is 0.422 e. The Morgan fingerprint density at radius 3 is 2.07 bits per heavy atom. The van der Waals surface area contributed by atoms with Gasteiger partial charge in [0.25, 0.3) is 0 Å². The first kappa shape index (κ1) is 20.8. The van der Waals surface area contributed by atoms with Crippen molar-refractivity contribution in [1.29, 1.82) is 0 Å². The van der Waals surface area contributed by atoms with Crippen LogP contribution in [0.1, 0.15) is 58.3 Å². The lowest BCUT2D eigenvalue weighted by atomic mass is 9.48. The topological polar surface area (TPSA) is 58.6 Å². The number of ether oxygens (including phenoxy) is 1. The molecule has 0 spiro atoms. The minimum Gasteiger partial charge on any atom is -0.440 e. The molecule has 1 heterocycles. The third-order valence-corrected chi connectivity index (χ3v) is 7.85. The highest BCUT2D eigenvalue weighted by molar-refractivity contribution is 5.79. The van der Waals surface area contributed by atoms with Crippen LogP contribution >= 0.6 is 0 Å². The van der Waals surface area contributed by atoms with E-state index in [9.17, 15) is 22.8 Å². The van der Waals surface area contributed by atoms with Gasteiger partial charge >= 0.3 is 12.3 Å². The van der Waals surface area contributed by atoms with Crippen LogP contribution in [0.2, 0.25) is 0 Å². The lowest BCUT2D eigenvalue weighted by molar-refractivity contribution is -0.162. The zero-order valence-corrected chi connectivity index (χ0v) is 17.0.